The van der Waals surface area contributed by atoms with Gasteiger partial charge in [-0.25, -0.2) is 0 Å². The summed E-state index contributed by atoms with van der Waals surface area (Å²) < 4.78 is 0. The Morgan fingerprint density at radius 2 is 1.56 bits per heavy atom. The van der Waals surface area contributed by atoms with Gasteiger partial charge < -0.3 is 10.8 Å². The van der Waals surface area contributed by atoms with Crippen LogP contribution in [0.15, 0.2) is 24.3 Å². The molecule has 0 bridgehead atoms. The molecule has 1 aromatic carbocycles. The topological polar surface area (TPSA) is 49.1 Å². The quantitative estimate of drug-likeness (QED) is 0.309. The van der Waals surface area contributed by atoms with Crippen LogP contribution in [-0.2, 0) is 0 Å². The van der Waals surface area contributed by atoms with Gasteiger partial charge in [-0.15, -0.1) is 5.75 Å². The third-order valence-corrected chi connectivity index (χ3v) is 0.880. The molecule has 0 aliphatic heterocycles. The van der Waals surface area contributed by atoms with Crippen LogP contribution in [0.25, 0.3) is 0 Å². The fraction of sp³-hybridized carbons (Fsp3) is 0. The van der Waals surface area contributed by atoms with E-state index in [0.717, 1.165) is 0 Å². The zero-order valence-corrected chi connectivity index (χ0v) is 7.29. The fourth-order valence-corrected chi connectivity index (χ4v) is 0.468. The van der Waals surface area contributed by atoms with Gasteiger partial charge in [-0.3, -0.25) is 0 Å². The van der Waals surface area contributed by atoms with E-state index in [-0.39, 0.29) is 35.3 Å². The van der Waals surface area contributed by atoms with Gasteiger partial charge in [-0.05, 0) is 12.1 Å². The molecule has 2 N–H and O–H groups in total. The van der Waals surface area contributed by atoms with Crippen molar-refractivity contribution in [2.75, 3.05) is 5.73 Å². The van der Waals surface area contributed by atoms with Gasteiger partial charge >= 0.3 is 29.6 Å². The predicted octanol–water partition coefficient (Wildman–Crippen LogP) is -2.65. The summed E-state index contributed by atoms with van der Waals surface area (Å²) in [4.78, 5) is 0. The van der Waals surface area contributed by atoms with E-state index in [1.807, 2.05) is 0 Å². The first-order chi connectivity index (χ1) is 3.79. The molecule has 0 aliphatic carbocycles. The van der Waals surface area contributed by atoms with Crippen molar-refractivity contribution in [2.45, 2.75) is 0 Å². The minimum absolute atomic E-state index is 0. The molecule has 3 heteroatoms. The van der Waals surface area contributed by atoms with Gasteiger partial charge in [0, 0.05) is 5.69 Å². The largest absolute Gasteiger partial charge is 1.00 e. The van der Waals surface area contributed by atoms with Crippen molar-refractivity contribution in [3.8, 4) is 5.75 Å². The number of hydrogen-bond acceptors (Lipinski definition) is 2. The van der Waals surface area contributed by atoms with Crippen molar-refractivity contribution >= 4 is 5.69 Å². The summed E-state index contributed by atoms with van der Waals surface area (Å²) >= 11 is 0. The standard InChI is InChI=1S/C6H7NO.Na/c7-5-1-3-6(8)4-2-5;/h1-4,8H,7H2;/q;+1/p-1. The van der Waals surface area contributed by atoms with E-state index in [1.54, 1.807) is 12.1 Å². The molecule has 0 aliphatic rings. The zero-order chi connectivity index (χ0) is 5.98. The summed E-state index contributed by atoms with van der Waals surface area (Å²) in [7, 11) is 0. The third-order valence-electron chi connectivity index (χ3n) is 0.880. The van der Waals surface area contributed by atoms with Gasteiger partial charge in [-0.2, -0.15) is 0 Å². The molecular formula is C6H6NNaO. The third kappa shape index (κ3) is 2.75. The Kier molecular flexibility index (Phi) is 3.70. The number of benzene rings is 1. The Bertz CT molecular complexity index is 152. The van der Waals surface area contributed by atoms with E-state index in [9.17, 15) is 5.11 Å². The Hall–Kier alpha value is -0.180. The molecule has 0 saturated carbocycles. The van der Waals surface area contributed by atoms with Gasteiger partial charge in [0.05, 0.1) is 0 Å². The number of nitrogen functional groups attached to an aromatic ring is 1. The van der Waals surface area contributed by atoms with Crippen molar-refractivity contribution in [2.24, 2.45) is 0 Å². The Morgan fingerprint density at radius 1 is 1.11 bits per heavy atom. The molecule has 2 nitrogen and oxygen atoms in total. The fourth-order valence-electron chi connectivity index (χ4n) is 0.468. The van der Waals surface area contributed by atoms with E-state index in [4.69, 9.17) is 5.73 Å². The summed E-state index contributed by atoms with van der Waals surface area (Å²) in [6.07, 6.45) is 0. The van der Waals surface area contributed by atoms with E-state index in [1.165, 1.54) is 12.1 Å². The van der Waals surface area contributed by atoms with Crippen LogP contribution in [0.1, 0.15) is 0 Å². The smallest absolute Gasteiger partial charge is 0.872 e. The summed E-state index contributed by atoms with van der Waals surface area (Å²) in [6, 6.07) is 6.05. The van der Waals surface area contributed by atoms with Crippen molar-refractivity contribution in [3.05, 3.63) is 24.3 Å². The van der Waals surface area contributed by atoms with Gasteiger partial charge in [0.15, 0.2) is 0 Å². The second kappa shape index (κ2) is 3.77. The van der Waals surface area contributed by atoms with Crippen LogP contribution in [0, 0.1) is 0 Å². The second-order valence-corrected chi connectivity index (χ2v) is 1.57. The summed E-state index contributed by atoms with van der Waals surface area (Å²) in [5, 5.41) is 10.4. The average molecular weight is 131 g/mol. The Balaban J connectivity index is 0.000000640. The van der Waals surface area contributed by atoms with Crippen LogP contribution in [0.4, 0.5) is 5.69 Å². The summed E-state index contributed by atoms with van der Waals surface area (Å²) in [6.45, 7) is 0. The maximum Gasteiger partial charge on any atom is 1.00 e. The molecule has 0 heterocycles. The van der Waals surface area contributed by atoms with Crippen molar-refractivity contribution in [1.29, 1.82) is 0 Å². The minimum atomic E-state index is -0.000741. The van der Waals surface area contributed by atoms with Crippen molar-refractivity contribution in [3.63, 3.8) is 0 Å². The van der Waals surface area contributed by atoms with Crippen LogP contribution in [0.3, 0.4) is 0 Å². The van der Waals surface area contributed by atoms with Crippen molar-refractivity contribution in [1.82, 2.24) is 0 Å². The first-order valence-corrected chi connectivity index (χ1v) is 2.31. The number of anilines is 1. The molecule has 0 aromatic heterocycles. The predicted molar refractivity (Wildman–Crippen MR) is 30.3 cm³/mol. The number of rotatable bonds is 0. The first-order valence-electron chi connectivity index (χ1n) is 2.31. The molecule has 42 valence electrons. The first kappa shape index (κ1) is 8.82. The molecule has 1 rings (SSSR count). The maximum atomic E-state index is 10.4. The van der Waals surface area contributed by atoms with Crippen LogP contribution < -0.4 is 40.4 Å². The molecule has 9 heavy (non-hydrogen) atoms. The zero-order valence-electron chi connectivity index (χ0n) is 5.29. The minimum Gasteiger partial charge on any atom is -0.872 e. The van der Waals surface area contributed by atoms with Crippen LogP contribution >= 0.6 is 0 Å². The van der Waals surface area contributed by atoms with Crippen LogP contribution in [-0.4, -0.2) is 0 Å². The van der Waals surface area contributed by atoms with E-state index >= 15 is 0 Å². The summed E-state index contributed by atoms with van der Waals surface area (Å²) in [5.74, 6) is -0.000741. The second-order valence-electron chi connectivity index (χ2n) is 1.57. The SMILES string of the molecule is Nc1ccc([O-])cc1.[Na+]. The number of hydrogen-bond donors (Lipinski definition) is 1. The molecule has 0 unspecified atom stereocenters. The van der Waals surface area contributed by atoms with Gasteiger partial charge in [0.1, 0.15) is 0 Å². The molecule has 0 fully saturated rings. The van der Waals surface area contributed by atoms with E-state index < -0.39 is 0 Å². The van der Waals surface area contributed by atoms with Crippen LogP contribution in [0.5, 0.6) is 5.75 Å². The number of nitrogens with two attached hydrogens (primary N) is 1. The van der Waals surface area contributed by atoms with Gasteiger partial charge in [0.2, 0.25) is 0 Å². The van der Waals surface area contributed by atoms with Crippen molar-refractivity contribution < 1.29 is 34.7 Å². The molecule has 0 radical (unpaired) electrons. The maximum absolute atomic E-state index is 10.4. The van der Waals surface area contributed by atoms with Gasteiger partial charge in [-0.1, -0.05) is 12.1 Å². The molecule has 0 saturated heterocycles. The Morgan fingerprint density at radius 3 is 1.89 bits per heavy atom. The van der Waals surface area contributed by atoms with Gasteiger partial charge in [0.25, 0.3) is 0 Å². The Labute approximate surface area is 76.0 Å². The summed E-state index contributed by atoms with van der Waals surface area (Å²) in [5.41, 5.74) is 5.92. The normalized spacial score (nSPS) is 8.00. The molecular weight excluding hydrogens is 125 g/mol. The molecule has 1 aromatic rings. The van der Waals surface area contributed by atoms with Crippen LogP contribution in [0.2, 0.25) is 0 Å². The van der Waals surface area contributed by atoms with E-state index in [0.29, 0.717) is 5.69 Å². The average Bonchev–Trinajstić information content (AvgIpc) is 1.77. The van der Waals surface area contributed by atoms with E-state index in [2.05, 4.69) is 0 Å². The molecule has 0 spiro atoms. The monoisotopic (exact) mass is 131 g/mol. The molecule has 0 atom stereocenters. The molecule has 0 amide bonds.